The van der Waals surface area contributed by atoms with Crippen molar-refractivity contribution < 1.29 is 14.7 Å². The van der Waals surface area contributed by atoms with Crippen LogP contribution in [0.25, 0.3) is 11.1 Å². The van der Waals surface area contributed by atoms with Gasteiger partial charge in [-0.05, 0) is 59.7 Å². The number of benzene rings is 3. The van der Waals surface area contributed by atoms with Crippen LogP contribution in [0.5, 0.6) is 0 Å². The molecule has 142 valence electrons. The molecule has 0 heterocycles. The maximum Gasteiger partial charge on any atom is 0.409 e. The van der Waals surface area contributed by atoms with Gasteiger partial charge in [0.15, 0.2) is 0 Å². The molecule has 0 radical (unpaired) electrons. The maximum absolute atomic E-state index is 12.5. The fourth-order valence-electron chi connectivity index (χ4n) is 2.54. The van der Waals surface area contributed by atoms with Crippen molar-refractivity contribution in [3.63, 3.8) is 0 Å². The Labute approximate surface area is 170 Å². The highest BCUT2D eigenvalue weighted by atomic mass is 35.5. The molecule has 0 aliphatic carbocycles. The molecule has 28 heavy (non-hydrogen) atoms. The van der Waals surface area contributed by atoms with Gasteiger partial charge in [0.25, 0.3) is 5.91 Å². The summed E-state index contributed by atoms with van der Waals surface area (Å²) >= 11 is 12.0. The van der Waals surface area contributed by atoms with Crippen molar-refractivity contribution in [2.75, 3.05) is 16.4 Å². The third-order valence-electron chi connectivity index (χ3n) is 3.95. The van der Waals surface area contributed by atoms with E-state index in [4.69, 9.17) is 34.0 Å². The molecule has 0 saturated carbocycles. The Kier molecular flexibility index (Phi) is 5.73. The maximum atomic E-state index is 12.5. The second kappa shape index (κ2) is 8.21. The summed E-state index contributed by atoms with van der Waals surface area (Å²) < 4.78 is 0. The van der Waals surface area contributed by atoms with E-state index in [0.29, 0.717) is 32.7 Å². The molecular weight excluding hydrogens is 401 g/mol. The summed E-state index contributed by atoms with van der Waals surface area (Å²) in [4.78, 5) is 23.1. The number of rotatable bonds is 4. The average Bonchev–Trinajstić information content (AvgIpc) is 2.66. The van der Waals surface area contributed by atoms with Gasteiger partial charge in [-0.2, -0.15) is 0 Å². The second-order valence-corrected chi connectivity index (χ2v) is 6.71. The first-order valence-electron chi connectivity index (χ1n) is 8.10. The number of hydrogen-bond donors (Lipinski definition) is 4. The van der Waals surface area contributed by atoms with E-state index in [1.165, 1.54) is 24.3 Å². The molecule has 0 aliphatic heterocycles. The molecule has 0 aliphatic rings. The summed E-state index contributed by atoms with van der Waals surface area (Å²) in [6, 6.07) is 16.5. The molecule has 5 N–H and O–H groups in total. The van der Waals surface area contributed by atoms with Gasteiger partial charge in [-0.25, -0.2) is 4.79 Å². The molecule has 8 heteroatoms. The molecule has 2 amide bonds. The lowest BCUT2D eigenvalue weighted by atomic mass is 10.0. The Hall–Kier alpha value is -3.22. The quantitative estimate of drug-likeness (QED) is 0.417. The molecule has 0 atom stereocenters. The lowest BCUT2D eigenvalue weighted by molar-refractivity contribution is 0.102. The van der Waals surface area contributed by atoms with Crippen molar-refractivity contribution in [1.29, 1.82) is 0 Å². The molecular formula is C20H15Cl2N3O3. The van der Waals surface area contributed by atoms with Crippen LogP contribution in [0.4, 0.5) is 21.9 Å². The van der Waals surface area contributed by atoms with Crippen LogP contribution in [0.1, 0.15) is 10.4 Å². The van der Waals surface area contributed by atoms with Gasteiger partial charge in [0.2, 0.25) is 0 Å². The number of amides is 2. The molecule has 3 rings (SSSR count). The summed E-state index contributed by atoms with van der Waals surface area (Å²) in [5, 5.41) is 14.6. The molecule has 0 aromatic heterocycles. The molecule has 0 spiro atoms. The predicted octanol–water partition coefficient (Wildman–Crippen LogP) is 5.58. The number of carboxylic acid groups (broad SMARTS) is 1. The lowest BCUT2D eigenvalue weighted by Gasteiger charge is -2.11. The molecule has 0 saturated heterocycles. The van der Waals surface area contributed by atoms with Gasteiger partial charge in [0.1, 0.15) is 0 Å². The Morgan fingerprint density at radius 3 is 2.11 bits per heavy atom. The summed E-state index contributed by atoms with van der Waals surface area (Å²) in [5.41, 5.74) is 9.20. The number of carbonyl (C=O) groups excluding carboxylic acids is 1. The van der Waals surface area contributed by atoms with Crippen molar-refractivity contribution >= 4 is 52.3 Å². The van der Waals surface area contributed by atoms with Crippen LogP contribution < -0.4 is 16.4 Å². The minimum Gasteiger partial charge on any atom is -0.465 e. The van der Waals surface area contributed by atoms with Gasteiger partial charge in [-0.1, -0.05) is 35.3 Å². The number of carbonyl (C=O) groups is 2. The molecule has 0 unspecified atom stereocenters. The second-order valence-electron chi connectivity index (χ2n) is 5.89. The zero-order chi connectivity index (χ0) is 20.3. The summed E-state index contributed by atoms with van der Waals surface area (Å²) in [7, 11) is 0. The zero-order valence-corrected chi connectivity index (χ0v) is 15.9. The van der Waals surface area contributed by atoms with Gasteiger partial charge >= 0.3 is 6.09 Å². The predicted molar refractivity (Wildman–Crippen MR) is 112 cm³/mol. The zero-order valence-electron chi connectivity index (χ0n) is 14.4. The van der Waals surface area contributed by atoms with Crippen molar-refractivity contribution in [2.24, 2.45) is 0 Å². The van der Waals surface area contributed by atoms with Crippen LogP contribution in [0.3, 0.4) is 0 Å². The first-order valence-corrected chi connectivity index (χ1v) is 8.85. The summed E-state index contributed by atoms with van der Waals surface area (Å²) in [6.07, 6.45) is -1.18. The number of nitrogens with two attached hydrogens (primary N) is 1. The van der Waals surface area contributed by atoms with Crippen LogP contribution in [-0.2, 0) is 0 Å². The minimum atomic E-state index is -1.18. The number of halogens is 2. The van der Waals surface area contributed by atoms with E-state index in [-0.39, 0.29) is 5.91 Å². The van der Waals surface area contributed by atoms with E-state index < -0.39 is 6.09 Å². The first-order chi connectivity index (χ1) is 13.3. The van der Waals surface area contributed by atoms with Gasteiger partial charge in [-0.15, -0.1) is 0 Å². The van der Waals surface area contributed by atoms with Crippen molar-refractivity contribution in [3.8, 4) is 11.1 Å². The number of anilines is 3. The summed E-state index contributed by atoms with van der Waals surface area (Å²) in [6.45, 7) is 0. The number of hydrogen-bond acceptors (Lipinski definition) is 3. The normalized spacial score (nSPS) is 10.4. The Balaban J connectivity index is 1.82. The van der Waals surface area contributed by atoms with Gasteiger partial charge < -0.3 is 16.2 Å². The smallest absolute Gasteiger partial charge is 0.409 e. The number of nitrogens with one attached hydrogen (secondary N) is 2. The Morgan fingerprint density at radius 2 is 1.46 bits per heavy atom. The highest BCUT2D eigenvalue weighted by Gasteiger charge is 2.11. The topological polar surface area (TPSA) is 104 Å². The SMILES string of the molecule is Nc1ccc(-c2ccc(Cl)c(Cl)c2)cc1NC(=O)c1ccc(NC(=O)O)cc1. The monoisotopic (exact) mass is 415 g/mol. The van der Waals surface area contributed by atoms with E-state index in [1.54, 1.807) is 24.3 Å². The Bertz CT molecular complexity index is 1050. The molecule has 3 aromatic rings. The Morgan fingerprint density at radius 1 is 0.821 bits per heavy atom. The van der Waals surface area contributed by atoms with E-state index in [1.807, 2.05) is 12.1 Å². The third-order valence-corrected chi connectivity index (χ3v) is 4.69. The molecule has 0 fully saturated rings. The van der Waals surface area contributed by atoms with Crippen LogP contribution in [0, 0.1) is 0 Å². The fraction of sp³-hybridized carbons (Fsp3) is 0. The highest BCUT2D eigenvalue weighted by Crippen LogP contribution is 2.32. The number of nitrogen functional groups attached to an aromatic ring is 1. The van der Waals surface area contributed by atoms with Crippen LogP contribution in [-0.4, -0.2) is 17.1 Å². The summed E-state index contributed by atoms with van der Waals surface area (Å²) in [5.74, 6) is -0.375. The van der Waals surface area contributed by atoms with E-state index in [2.05, 4.69) is 10.6 Å². The van der Waals surface area contributed by atoms with Gasteiger partial charge in [-0.3, -0.25) is 10.1 Å². The molecule has 6 nitrogen and oxygen atoms in total. The highest BCUT2D eigenvalue weighted by molar-refractivity contribution is 6.42. The third kappa shape index (κ3) is 4.54. The fourth-order valence-corrected chi connectivity index (χ4v) is 2.84. The molecule has 0 bridgehead atoms. The van der Waals surface area contributed by atoms with E-state index in [0.717, 1.165) is 11.1 Å². The van der Waals surface area contributed by atoms with Crippen molar-refractivity contribution in [2.45, 2.75) is 0 Å². The standard InChI is InChI=1S/C20H15Cl2N3O3/c21-15-7-3-12(9-16(15)22)13-4-8-17(23)18(10-13)25-19(26)11-1-5-14(6-2-11)24-20(27)28/h1-10,24H,23H2,(H,25,26)(H,27,28). The molecule has 3 aromatic carbocycles. The largest absolute Gasteiger partial charge is 0.465 e. The van der Waals surface area contributed by atoms with Crippen LogP contribution >= 0.6 is 23.2 Å². The van der Waals surface area contributed by atoms with E-state index >= 15 is 0 Å². The van der Waals surface area contributed by atoms with Crippen molar-refractivity contribution in [3.05, 3.63) is 76.3 Å². The van der Waals surface area contributed by atoms with Gasteiger partial charge in [0.05, 0.1) is 21.4 Å². The van der Waals surface area contributed by atoms with Crippen LogP contribution in [0.15, 0.2) is 60.7 Å². The first kappa shape index (κ1) is 19.5. The lowest BCUT2D eigenvalue weighted by Crippen LogP contribution is -2.13. The average molecular weight is 416 g/mol. The minimum absolute atomic E-state index is 0.357. The van der Waals surface area contributed by atoms with Gasteiger partial charge in [0, 0.05) is 11.3 Å². The van der Waals surface area contributed by atoms with Crippen LogP contribution in [0.2, 0.25) is 10.0 Å². The van der Waals surface area contributed by atoms with Crippen molar-refractivity contribution in [1.82, 2.24) is 0 Å². The van der Waals surface area contributed by atoms with E-state index in [9.17, 15) is 9.59 Å².